The zero-order valence-electron chi connectivity index (χ0n) is 12.2. The standard InChI is InChI=1S/C4H12N.C3H9N.C2H4O2.C2H6/c1-5(2,3)4;1-4(2)3;1-2(3)4;1-2/h1-4H3;1-3H3;1H3,(H,3,4);1-2H3/q+1;;;. The molecule has 96 valence electrons. The van der Waals surface area contributed by atoms with Crippen molar-refractivity contribution in [2.75, 3.05) is 49.3 Å². The number of carbonyl (C=O) groups is 1. The van der Waals surface area contributed by atoms with E-state index in [1.807, 2.05) is 39.9 Å². The summed E-state index contributed by atoms with van der Waals surface area (Å²) in [5.74, 6) is -0.833. The summed E-state index contributed by atoms with van der Waals surface area (Å²) in [5.41, 5.74) is 0. The molecule has 0 saturated carbocycles. The molecule has 0 amide bonds. The molecule has 0 heterocycles. The molecular formula is C11H31N2O2+. The number of hydrogen-bond acceptors (Lipinski definition) is 2. The lowest BCUT2D eigenvalue weighted by atomic mass is 10.8. The van der Waals surface area contributed by atoms with E-state index in [-0.39, 0.29) is 0 Å². The Bertz CT molecular complexity index is 105. The highest BCUT2D eigenvalue weighted by atomic mass is 16.4. The van der Waals surface area contributed by atoms with Crippen molar-refractivity contribution in [2.45, 2.75) is 20.8 Å². The summed E-state index contributed by atoms with van der Waals surface area (Å²) in [5, 5.41) is 7.42. The maximum atomic E-state index is 9.00. The normalized spacial score (nSPS) is 8.47. The first-order valence-corrected chi connectivity index (χ1v) is 5.06. The van der Waals surface area contributed by atoms with Gasteiger partial charge in [-0.05, 0) is 21.1 Å². The first-order chi connectivity index (χ1) is 6.46. The number of nitrogens with zero attached hydrogens (tertiary/aromatic N) is 2. The monoisotopic (exact) mass is 223 g/mol. The van der Waals surface area contributed by atoms with Crippen molar-refractivity contribution in [2.24, 2.45) is 0 Å². The second-order valence-corrected chi connectivity index (χ2v) is 4.54. The molecule has 0 radical (unpaired) electrons. The van der Waals surface area contributed by atoms with Gasteiger partial charge >= 0.3 is 0 Å². The van der Waals surface area contributed by atoms with Crippen molar-refractivity contribution in [3.63, 3.8) is 0 Å². The van der Waals surface area contributed by atoms with Crippen LogP contribution in [0.15, 0.2) is 0 Å². The molecule has 0 spiro atoms. The van der Waals surface area contributed by atoms with Crippen molar-refractivity contribution in [3.05, 3.63) is 0 Å². The van der Waals surface area contributed by atoms with Crippen molar-refractivity contribution >= 4 is 5.97 Å². The molecule has 0 atom stereocenters. The number of rotatable bonds is 0. The molecule has 0 unspecified atom stereocenters. The van der Waals surface area contributed by atoms with Crippen LogP contribution >= 0.6 is 0 Å². The summed E-state index contributed by atoms with van der Waals surface area (Å²) in [6.45, 7) is 5.08. The summed E-state index contributed by atoms with van der Waals surface area (Å²) < 4.78 is 1.00. The van der Waals surface area contributed by atoms with Crippen LogP contribution in [0.3, 0.4) is 0 Å². The van der Waals surface area contributed by atoms with Crippen LogP contribution in [0.25, 0.3) is 0 Å². The van der Waals surface area contributed by atoms with E-state index in [1.54, 1.807) is 0 Å². The highest BCUT2D eigenvalue weighted by Crippen LogP contribution is 1.73. The van der Waals surface area contributed by atoms with Crippen LogP contribution in [-0.2, 0) is 4.79 Å². The highest BCUT2D eigenvalue weighted by molar-refractivity contribution is 5.62. The second-order valence-electron chi connectivity index (χ2n) is 4.54. The average molecular weight is 223 g/mol. The fourth-order valence-corrected chi connectivity index (χ4v) is 0. The first kappa shape index (κ1) is 23.9. The summed E-state index contributed by atoms with van der Waals surface area (Å²) >= 11 is 0. The first-order valence-electron chi connectivity index (χ1n) is 5.06. The van der Waals surface area contributed by atoms with Gasteiger partial charge in [0.1, 0.15) is 0 Å². The molecule has 0 aromatic heterocycles. The van der Waals surface area contributed by atoms with Crippen molar-refractivity contribution in [1.29, 1.82) is 0 Å². The van der Waals surface area contributed by atoms with E-state index in [4.69, 9.17) is 9.90 Å². The lowest BCUT2D eigenvalue weighted by Crippen LogP contribution is -2.27. The van der Waals surface area contributed by atoms with E-state index in [1.165, 1.54) is 0 Å². The molecular weight excluding hydrogens is 192 g/mol. The minimum absolute atomic E-state index is 0.833. The third-order valence-electron chi connectivity index (χ3n) is 0. The van der Waals surface area contributed by atoms with Gasteiger partial charge in [0, 0.05) is 6.92 Å². The van der Waals surface area contributed by atoms with Gasteiger partial charge in [0.2, 0.25) is 0 Å². The molecule has 0 aliphatic heterocycles. The van der Waals surface area contributed by atoms with E-state index >= 15 is 0 Å². The second kappa shape index (κ2) is 15.8. The van der Waals surface area contributed by atoms with Crippen molar-refractivity contribution in [1.82, 2.24) is 4.90 Å². The molecule has 0 aromatic carbocycles. The maximum Gasteiger partial charge on any atom is 0.300 e. The lowest BCUT2D eigenvalue weighted by molar-refractivity contribution is -0.849. The van der Waals surface area contributed by atoms with E-state index < -0.39 is 5.97 Å². The Balaban J connectivity index is -0.0000000562. The van der Waals surface area contributed by atoms with E-state index in [0.29, 0.717) is 0 Å². The third-order valence-corrected chi connectivity index (χ3v) is 0. The van der Waals surface area contributed by atoms with Crippen LogP contribution in [0.1, 0.15) is 20.8 Å². The van der Waals surface area contributed by atoms with Gasteiger partial charge in [-0.1, -0.05) is 13.8 Å². The maximum absolute atomic E-state index is 9.00. The molecule has 4 heteroatoms. The number of hydrogen-bond donors (Lipinski definition) is 1. The van der Waals surface area contributed by atoms with Crippen LogP contribution in [0.4, 0.5) is 0 Å². The van der Waals surface area contributed by atoms with Gasteiger partial charge in [0.05, 0.1) is 28.2 Å². The SMILES string of the molecule is CC.CC(=O)O.CN(C)C.C[N+](C)(C)C. The Hall–Kier alpha value is -0.610. The number of carboxylic acids is 1. The van der Waals surface area contributed by atoms with Gasteiger partial charge in [0.15, 0.2) is 0 Å². The Morgan fingerprint density at radius 2 is 1.00 bits per heavy atom. The van der Waals surface area contributed by atoms with Gasteiger partial charge < -0.3 is 14.5 Å². The largest absolute Gasteiger partial charge is 0.481 e. The summed E-state index contributed by atoms with van der Waals surface area (Å²) in [6.07, 6.45) is 0. The molecule has 0 saturated heterocycles. The Labute approximate surface area is 96.1 Å². The number of aliphatic carboxylic acids is 1. The molecule has 0 aliphatic carbocycles. The number of carboxylic acid groups (broad SMARTS) is 1. The molecule has 0 rings (SSSR count). The minimum atomic E-state index is -0.833. The summed E-state index contributed by atoms with van der Waals surface area (Å²) in [7, 11) is 14.5. The predicted molar refractivity (Wildman–Crippen MR) is 68.2 cm³/mol. The van der Waals surface area contributed by atoms with Crippen LogP contribution in [0, 0.1) is 0 Å². The molecule has 0 fully saturated rings. The van der Waals surface area contributed by atoms with Gasteiger partial charge in [-0.2, -0.15) is 0 Å². The van der Waals surface area contributed by atoms with Crippen LogP contribution in [-0.4, -0.2) is 69.8 Å². The van der Waals surface area contributed by atoms with Crippen LogP contribution in [0.2, 0.25) is 0 Å². The predicted octanol–water partition coefficient (Wildman–Crippen LogP) is 1.62. The van der Waals surface area contributed by atoms with E-state index in [0.717, 1.165) is 11.4 Å². The van der Waals surface area contributed by atoms with Crippen molar-refractivity contribution in [3.8, 4) is 0 Å². The summed E-state index contributed by atoms with van der Waals surface area (Å²) in [6, 6.07) is 0. The molecule has 1 N–H and O–H groups in total. The van der Waals surface area contributed by atoms with Gasteiger partial charge in [-0.15, -0.1) is 0 Å². The zero-order valence-corrected chi connectivity index (χ0v) is 12.2. The van der Waals surface area contributed by atoms with Crippen molar-refractivity contribution < 1.29 is 14.4 Å². The third kappa shape index (κ3) is 4670. The minimum Gasteiger partial charge on any atom is -0.481 e. The van der Waals surface area contributed by atoms with E-state index in [2.05, 4.69) is 28.2 Å². The van der Waals surface area contributed by atoms with Crippen LogP contribution < -0.4 is 0 Å². The Kier molecular flexibility index (Phi) is 25.2. The highest BCUT2D eigenvalue weighted by Gasteiger charge is 1.88. The fourth-order valence-electron chi connectivity index (χ4n) is 0. The fraction of sp³-hybridized carbons (Fsp3) is 0.909. The molecule has 15 heavy (non-hydrogen) atoms. The Morgan fingerprint density at radius 1 is 1.00 bits per heavy atom. The summed E-state index contributed by atoms with van der Waals surface area (Å²) in [4.78, 5) is 11.0. The van der Waals surface area contributed by atoms with E-state index in [9.17, 15) is 0 Å². The van der Waals surface area contributed by atoms with Gasteiger partial charge in [0.25, 0.3) is 5.97 Å². The van der Waals surface area contributed by atoms with Gasteiger partial charge in [-0.3, -0.25) is 4.79 Å². The smallest absolute Gasteiger partial charge is 0.300 e. The quantitative estimate of drug-likeness (QED) is 0.634. The number of quaternary nitrogens is 1. The molecule has 0 aliphatic rings. The molecule has 4 nitrogen and oxygen atoms in total. The molecule has 0 aromatic rings. The zero-order chi connectivity index (χ0) is 13.7. The topological polar surface area (TPSA) is 40.5 Å². The lowest BCUT2D eigenvalue weighted by Gasteiger charge is -2.14. The van der Waals surface area contributed by atoms with Gasteiger partial charge in [-0.25, -0.2) is 0 Å². The van der Waals surface area contributed by atoms with Crippen LogP contribution in [0.5, 0.6) is 0 Å². The molecule has 0 bridgehead atoms. The average Bonchev–Trinajstić information content (AvgIpc) is 1.83. The Morgan fingerprint density at radius 3 is 1.00 bits per heavy atom.